The van der Waals surface area contributed by atoms with Gasteiger partial charge in [0, 0.05) is 43.7 Å². The number of carbonyl (C=O) groups excluding carboxylic acids is 1. The number of hydrogen-bond donors (Lipinski definition) is 2. The van der Waals surface area contributed by atoms with E-state index in [1.165, 1.54) is 0 Å². The van der Waals surface area contributed by atoms with Crippen LogP contribution in [0.25, 0.3) is 0 Å². The SMILES string of the molecule is CC1(O)CCCCC1C1CCCN1C(=O)NCC1(CF)CCOCC1. The second-order valence-electron chi connectivity index (χ2n) is 8.52. The van der Waals surface area contributed by atoms with E-state index in [1.54, 1.807) is 0 Å². The third-order valence-corrected chi connectivity index (χ3v) is 6.72. The fourth-order valence-electron chi connectivity index (χ4n) is 4.94. The largest absolute Gasteiger partial charge is 0.390 e. The van der Waals surface area contributed by atoms with Gasteiger partial charge in [0.05, 0.1) is 12.3 Å². The zero-order chi connectivity index (χ0) is 17.9. The van der Waals surface area contributed by atoms with Crippen LogP contribution in [0, 0.1) is 11.3 Å². The Morgan fingerprint density at radius 3 is 2.68 bits per heavy atom. The predicted molar refractivity (Wildman–Crippen MR) is 94.2 cm³/mol. The van der Waals surface area contributed by atoms with Crippen molar-refractivity contribution in [1.82, 2.24) is 10.2 Å². The molecule has 5 nitrogen and oxygen atoms in total. The first-order chi connectivity index (χ1) is 12.0. The number of nitrogens with zero attached hydrogens (tertiary/aromatic N) is 1. The molecule has 2 aliphatic heterocycles. The van der Waals surface area contributed by atoms with Gasteiger partial charge in [-0.2, -0.15) is 0 Å². The predicted octanol–water partition coefficient (Wildman–Crippen LogP) is 2.87. The van der Waals surface area contributed by atoms with Gasteiger partial charge in [0.2, 0.25) is 0 Å². The van der Waals surface area contributed by atoms with Crippen LogP contribution in [0.5, 0.6) is 0 Å². The lowest BCUT2D eigenvalue weighted by atomic mass is 9.72. The van der Waals surface area contributed by atoms with Gasteiger partial charge in [-0.3, -0.25) is 4.39 Å². The number of nitrogens with one attached hydrogen (secondary N) is 1. The number of aliphatic hydroxyl groups is 1. The monoisotopic (exact) mass is 356 g/mol. The lowest BCUT2D eigenvalue weighted by Gasteiger charge is -2.43. The molecular weight excluding hydrogens is 323 g/mol. The average molecular weight is 356 g/mol. The molecule has 0 radical (unpaired) electrons. The Labute approximate surface area is 150 Å². The number of amides is 2. The molecule has 3 unspecified atom stereocenters. The molecule has 2 saturated heterocycles. The maximum atomic E-state index is 13.6. The van der Waals surface area contributed by atoms with Crippen LogP contribution >= 0.6 is 0 Å². The molecule has 3 atom stereocenters. The van der Waals surface area contributed by atoms with E-state index in [0.717, 1.165) is 45.1 Å². The van der Waals surface area contributed by atoms with Gasteiger partial charge >= 0.3 is 6.03 Å². The van der Waals surface area contributed by atoms with Crippen molar-refractivity contribution in [2.75, 3.05) is 33.0 Å². The lowest BCUT2D eigenvalue weighted by Crippen LogP contribution is -2.54. The Morgan fingerprint density at radius 2 is 2.00 bits per heavy atom. The Kier molecular flexibility index (Phi) is 5.88. The van der Waals surface area contributed by atoms with E-state index in [9.17, 15) is 14.3 Å². The van der Waals surface area contributed by atoms with E-state index in [-0.39, 0.29) is 18.0 Å². The molecule has 2 N–H and O–H groups in total. The van der Waals surface area contributed by atoms with Crippen LogP contribution in [0.15, 0.2) is 0 Å². The molecule has 2 amide bonds. The van der Waals surface area contributed by atoms with E-state index in [1.807, 2.05) is 11.8 Å². The smallest absolute Gasteiger partial charge is 0.317 e. The highest BCUT2D eigenvalue weighted by Crippen LogP contribution is 2.40. The third kappa shape index (κ3) is 4.11. The number of ether oxygens (including phenoxy) is 1. The number of urea groups is 1. The van der Waals surface area contributed by atoms with Crippen molar-refractivity contribution in [1.29, 1.82) is 0 Å². The van der Waals surface area contributed by atoms with Gasteiger partial charge in [0.1, 0.15) is 0 Å². The van der Waals surface area contributed by atoms with E-state index in [0.29, 0.717) is 32.6 Å². The standard InChI is InChI=1S/C19H33FN2O3/c1-18(24)7-3-2-5-15(18)16-6-4-10-22(16)17(23)21-14-19(13-20)8-11-25-12-9-19/h15-16,24H,2-14H2,1H3,(H,21,23). The summed E-state index contributed by atoms with van der Waals surface area (Å²) in [5, 5.41) is 13.8. The number of rotatable bonds is 4. The van der Waals surface area contributed by atoms with Crippen molar-refractivity contribution in [2.24, 2.45) is 11.3 Å². The number of halogens is 1. The fourth-order valence-corrected chi connectivity index (χ4v) is 4.94. The van der Waals surface area contributed by atoms with E-state index >= 15 is 0 Å². The summed E-state index contributed by atoms with van der Waals surface area (Å²) in [5.74, 6) is 0.146. The molecule has 0 aromatic heterocycles. The van der Waals surface area contributed by atoms with E-state index < -0.39 is 17.7 Å². The summed E-state index contributed by atoms with van der Waals surface area (Å²) in [6, 6.07) is 0.00880. The van der Waals surface area contributed by atoms with Gasteiger partial charge in [0.25, 0.3) is 0 Å². The normalized spacial score (nSPS) is 35.6. The van der Waals surface area contributed by atoms with E-state index in [2.05, 4.69) is 5.32 Å². The summed E-state index contributed by atoms with van der Waals surface area (Å²) >= 11 is 0. The second kappa shape index (κ2) is 7.78. The van der Waals surface area contributed by atoms with Crippen LogP contribution in [-0.4, -0.2) is 60.7 Å². The highest BCUT2D eigenvalue weighted by molar-refractivity contribution is 5.75. The Balaban J connectivity index is 1.60. The van der Waals surface area contributed by atoms with Crippen molar-refractivity contribution in [3.05, 3.63) is 0 Å². The summed E-state index contributed by atoms with van der Waals surface area (Å²) in [6.45, 7) is 3.74. The van der Waals surface area contributed by atoms with Crippen molar-refractivity contribution in [3.8, 4) is 0 Å². The zero-order valence-corrected chi connectivity index (χ0v) is 15.4. The van der Waals surface area contributed by atoms with Crippen LogP contribution in [0.1, 0.15) is 58.3 Å². The summed E-state index contributed by atoms with van der Waals surface area (Å²) < 4.78 is 18.9. The quantitative estimate of drug-likeness (QED) is 0.814. The Hall–Kier alpha value is -0.880. The Bertz CT molecular complexity index is 466. The van der Waals surface area contributed by atoms with Crippen molar-refractivity contribution >= 4 is 6.03 Å². The molecule has 144 valence electrons. The minimum atomic E-state index is -0.688. The first-order valence-corrected chi connectivity index (χ1v) is 9.88. The van der Waals surface area contributed by atoms with E-state index in [4.69, 9.17) is 4.74 Å². The van der Waals surface area contributed by atoms with Gasteiger partial charge < -0.3 is 20.1 Å². The molecule has 3 fully saturated rings. The summed E-state index contributed by atoms with van der Waals surface area (Å²) in [6.07, 6.45) is 7.22. The molecule has 0 spiro atoms. The molecule has 2 heterocycles. The third-order valence-electron chi connectivity index (χ3n) is 6.72. The lowest BCUT2D eigenvalue weighted by molar-refractivity contribution is -0.0566. The molecule has 0 bridgehead atoms. The number of likely N-dealkylation sites (tertiary alicyclic amines) is 1. The zero-order valence-electron chi connectivity index (χ0n) is 15.4. The van der Waals surface area contributed by atoms with Gasteiger partial charge in [0.15, 0.2) is 0 Å². The molecular formula is C19H33FN2O3. The summed E-state index contributed by atoms with van der Waals surface area (Å²) in [7, 11) is 0. The average Bonchev–Trinajstić information content (AvgIpc) is 3.09. The number of hydrogen-bond acceptors (Lipinski definition) is 3. The highest BCUT2D eigenvalue weighted by Gasteiger charge is 2.45. The molecule has 25 heavy (non-hydrogen) atoms. The van der Waals surface area contributed by atoms with Gasteiger partial charge in [-0.25, -0.2) is 4.79 Å². The topological polar surface area (TPSA) is 61.8 Å². The molecule has 3 aliphatic rings. The summed E-state index contributed by atoms with van der Waals surface area (Å²) in [5.41, 5.74) is -1.16. The first-order valence-electron chi connectivity index (χ1n) is 9.88. The maximum Gasteiger partial charge on any atom is 0.317 e. The number of alkyl halides is 1. The highest BCUT2D eigenvalue weighted by atomic mass is 19.1. The molecule has 1 aliphatic carbocycles. The van der Waals surface area contributed by atoms with Crippen LogP contribution in [0.3, 0.4) is 0 Å². The minimum Gasteiger partial charge on any atom is -0.390 e. The second-order valence-corrected chi connectivity index (χ2v) is 8.52. The van der Waals surface area contributed by atoms with Crippen molar-refractivity contribution in [3.63, 3.8) is 0 Å². The molecule has 1 saturated carbocycles. The van der Waals surface area contributed by atoms with Crippen molar-refractivity contribution < 1.29 is 19.0 Å². The van der Waals surface area contributed by atoms with Crippen LogP contribution in [0.2, 0.25) is 0 Å². The molecule has 0 aromatic carbocycles. The van der Waals surface area contributed by atoms with Crippen LogP contribution < -0.4 is 5.32 Å². The molecule has 6 heteroatoms. The van der Waals surface area contributed by atoms with Crippen LogP contribution in [-0.2, 0) is 4.74 Å². The Morgan fingerprint density at radius 1 is 1.24 bits per heavy atom. The van der Waals surface area contributed by atoms with Crippen molar-refractivity contribution in [2.45, 2.75) is 69.9 Å². The molecule has 3 rings (SSSR count). The first kappa shape index (κ1) is 18.9. The molecule has 0 aromatic rings. The van der Waals surface area contributed by atoms with Gasteiger partial charge in [-0.1, -0.05) is 12.8 Å². The van der Waals surface area contributed by atoms with Gasteiger partial charge in [-0.05, 0) is 45.4 Å². The van der Waals surface area contributed by atoms with Gasteiger partial charge in [-0.15, -0.1) is 0 Å². The fraction of sp³-hybridized carbons (Fsp3) is 0.947. The maximum absolute atomic E-state index is 13.6. The summed E-state index contributed by atoms with van der Waals surface area (Å²) in [4.78, 5) is 14.7. The minimum absolute atomic E-state index is 0.0943. The van der Waals surface area contributed by atoms with Crippen LogP contribution in [0.4, 0.5) is 9.18 Å². The number of carbonyl (C=O) groups is 1.